The molecule has 7 heteroatoms. The van der Waals surface area contributed by atoms with Gasteiger partial charge in [0, 0.05) is 13.1 Å². The fourth-order valence-electron chi connectivity index (χ4n) is 3.16. The minimum Gasteiger partial charge on any atom is -0.481 e. The number of benzene rings is 1. The molecule has 0 bridgehead atoms. The van der Waals surface area contributed by atoms with E-state index in [2.05, 4.69) is 5.10 Å². The molecule has 4 rings (SSSR count). The molecule has 1 N–H and O–H groups in total. The molecule has 2 aromatic heterocycles. The van der Waals surface area contributed by atoms with Crippen molar-refractivity contribution in [3.63, 3.8) is 0 Å². The van der Waals surface area contributed by atoms with E-state index in [0.717, 1.165) is 16.3 Å². The van der Waals surface area contributed by atoms with Crippen molar-refractivity contribution in [2.75, 3.05) is 13.1 Å². The normalized spacial score (nSPS) is 16.8. The summed E-state index contributed by atoms with van der Waals surface area (Å²) in [5.74, 6) is -1.57. The number of thiophene rings is 1. The van der Waals surface area contributed by atoms with E-state index in [1.54, 1.807) is 27.0 Å². The van der Waals surface area contributed by atoms with E-state index >= 15 is 0 Å². The number of para-hydroxylation sites is 1. The van der Waals surface area contributed by atoms with Crippen LogP contribution in [-0.4, -0.2) is 44.8 Å². The Morgan fingerprint density at radius 2 is 1.96 bits per heavy atom. The van der Waals surface area contributed by atoms with Gasteiger partial charge in [-0.2, -0.15) is 5.10 Å². The molecular weight excluding hydrogens is 350 g/mol. The molecular formula is C19H17N3O3S. The fourth-order valence-corrected chi connectivity index (χ4v) is 3.89. The number of amides is 1. The van der Waals surface area contributed by atoms with Gasteiger partial charge in [0.2, 0.25) is 0 Å². The highest BCUT2D eigenvalue weighted by Crippen LogP contribution is 2.29. The van der Waals surface area contributed by atoms with Crippen molar-refractivity contribution in [1.29, 1.82) is 0 Å². The van der Waals surface area contributed by atoms with E-state index in [9.17, 15) is 9.59 Å². The van der Waals surface area contributed by atoms with Gasteiger partial charge in [-0.05, 0) is 36.1 Å². The highest BCUT2D eigenvalue weighted by Gasteiger charge is 2.32. The molecule has 1 amide bonds. The van der Waals surface area contributed by atoms with Crippen LogP contribution < -0.4 is 0 Å². The molecule has 1 aliphatic rings. The highest BCUT2D eigenvalue weighted by atomic mass is 32.1. The lowest BCUT2D eigenvalue weighted by atomic mass is 10.1. The van der Waals surface area contributed by atoms with Crippen LogP contribution in [0.15, 0.2) is 53.9 Å². The largest absolute Gasteiger partial charge is 0.481 e. The van der Waals surface area contributed by atoms with Crippen LogP contribution in [0.3, 0.4) is 0 Å². The summed E-state index contributed by atoms with van der Waals surface area (Å²) < 4.78 is 1.77. The van der Waals surface area contributed by atoms with Crippen LogP contribution >= 0.6 is 11.3 Å². The molecule has 6 nitrogen and oxygen atoms in total. The van der Waals surface area contributed by atoms with Crippen molar-refractivity contribution in [1.82, 2.24) is 14.7 Å². The standard InChI is InChI=1S/C19H17N3O3S/c23-18(21-9-8-13(12-21)19(24)25)15-11-16(17-7-4-10-26-17)22(20-15)14-5-2-1-3-6-14/h1-7,10-11,13H,8-9,12H2,(H,24,25). The second-order valence-corrected chi connectivity index (χ2v) is 7.16. The fraction of sp³-hybridized carbons (Fsp3) is 0.211. The van der Waals surface area contributed by atoms with E-state index in [1.807, 2.05) is 47.8 Å². The summed E-state index contributed by atoms with van der Waals surface area (Å²) in [7, 11) is 0. The average molecular weight is 367 g/mol. The van der Waals surface area contributed by atoms with E-state index in [-0.39, 0.29) is 12.5 Å². The Hall–Kier alpha value is -2.93. The smallest absolute Gasteiger partial charge is 0.308 e. The van der Waals surface area contributed by atoms with Gasteiger partial charge in [0.15, 0.2) is 5.69 Å². The number of hydrogen-bond donors (Lipinski definition) is 1. The number of likely N-dealkylation sites (tertiary alicyclic amines) is 1. The molecule has 132 valence electrons. The molecule has 0 radical (unpaired) electrons. The topological polar surface area (TPSA) is 75.4 Å². The molecule has 0 aliphatic carbocycles. The second-order valence-electron chi connectivity index (χ2n) is 6.21. The zero-order valence-corrected chi connectivity index (χ0v) is 14.7. The van der Waals surface area contributed by atoms with Crippen LogP contribution in [0.5, 0.6) is 0 Å². The zero-order chi connectivity index (χ0) is 18.1. The number of hydrogen-bond acceptors (Lipinski definition) is 4. The third-order valence-electron chi connectivity index (χ3n) is 4.53. The summed E-state index contributed by atoms with van der Waals surface area (Å²) in [6, 6.07) is 15.4. The van der Waals surface area contributed by atoms with E-state index in [0.29, 0.717) is 18.7 Å². The Morgan fingerprint density at radius 1 is 1.15 bits per heavy atom. The molecule has 1 atom stereocenters. The molecule has 1 aromatic carbocycles. The Bertz CT molecular complexity index is 934. The molecule has 0 saturated carbocycles. The first-order chi connectivity index (χ1) is 12.6. The van der Waals surface area contributed by atoms with Gasteiger partial charge in [0.05, 0.1) is 22.2 Å². The Kier molecular flexibility index (Phi) is 4.30. The van der Waals surface area contributed by atoms with Gasteiger partial charge in [-0.25, -0.2) is 4.68 Å². The van der Waals surface area contributed by atoms with Crippen LogP contribution in [-0.2, 0) is 4.79 Å². The quantitative estimate of drug-likeness (QED) is 0.769. The molecule has 3 aromatic rings. The summed E-state index contributed by atoms with van der Waals surface area (Å²) in [5.41, 5.74) is 2.06. The lowest BCUT2D eigenvalue weighted by Crippen LogP contribution is -2.30. The van der Waals surface area contributed by atoms with Crippen molar-refractivity contribution < 1.29 is 14.7 Å². The molecule has 1 saturated heterocycles. The van der Waals surface area contributed by atoms with E-state index in [1.165, 1.54) is 0 Å². The SMILES string of the molecule is O=C(O)C1CCN(C(=O)c2cc(-c3cccs3)n(-c3ccccc3)n2)C1. The van der Waals surface area contributed by atoms with Gasteiger partial charge in [-0.3, -0.25) is 9.59 Å². The first kappa shape index (κ1) is 16.5. The minimum atomic E-state index is -0.852. The molecule has 1 aliphatic heterocycles. The Labute approximate surface area is 154 Å². The van der Waals surface area contributed by atoms with Crippen molar-refractivity contribution in [3.8, 4) is 16.3 Å². The monoisotopic (exact) mass is 367 g/mol. The van der Waals surface area contributed by atoms with Crippen molar-refractivity contribution >= 4 is 23.2 Å². The zero-order valence-electron chi connectivity index (χ0n) is 13.9. The van der Waals surface area contributed by atoms with Crippen molar-refractivity contribution in [3.05, 3.63) is 59.6 Å². The van der Waals surface area contributed by atoms with Gasteiger partial charge in [-0.15, -0.1) is 11.3 Å². The van der Waals surface area contributed by atoms with Gasteiger partial charge >= 0.3 is 5.97 Å². The number of nitrogens with zero attached hydrogens (tertiary/aromatic N) is 3. The molecule has 0 spiro atoms. The predicted molar refractivity (Wildman–Crippen MR) is 98.5 cm³/mol. The number of carboxylic acid groups (broad SMARTS) is 1. The first-order valence-corrected chi connectivity index (χ1v) is 9.23. The van der Waals surface area contributed by atoms with Crippen LogP contribution in [0, 0.1) is 5.92 Å². The predicted octanol–water partition coefficient (Wildman–Crippen LogP) is 3.15. The number of carbonyl (C=O) groups is 2. The summed E-state index contributed by atoms with van der Waals surface area (Å²) in [5, 5.41) is 15.7. The lowest BCUT2D eigenvalue weighted by Gasteiger charge is -2.13. The average Bonchev–Trinajstić information content (AvgIpc) is 3.41. The molecule has 1 unspecified atom stereocenters. The third kappa shape index (κ3) is 3.01. The summed E-state index contributed by atoms with van der Waals surface area (Å²) in [4.78, 5) is 26.6. The maximum absolute atomic E-state index is 12.8. The van der Waals surface area contributed by atoms with E-state index < -0.39 is 11.9 Å². The third-order valence-corrected chi connectivity index (χ3v) is 5.42. The number of rotatable bonds is 4. The van der Waals surface area contributed by atoms with Gasteiger partial charge in [0.25, 0.3) is 5.91 Å². The highest BCUT2D eigenvalue weighted by molar-refractivity contribution is 7.13. The summed E-state index contributed by atoms with van der Waals surface area (Å²) in [6.07, 6.45) is 0.484. The first-order valence-electron chi connectivity index (χ1n) is 8.35. The van der Waals surface area contributed by atoms with Crippen LogP contribution in [0.1, 0.15) is 16.9 Å². The number of carbonyl (C=O) groups excluding carboxylic acids is 1. The van der Waals surface area contributed by atoms with Crippen LogP contribution in [0.4, 0.5) is 0 Å². The minimum absolute atomic E-state index is 0.221. The van der Waals surface area contributed by atoms with Gasteiger partial charge in [-0.1, -0.05) is 24.3 Å². The number of carboxylic acids is 1. The number of aromatic nitrogens is 2. The lowest BCUT2D eigenvalue weighted by molar-refractivity contribution is -0.141. The van der Waals surface area contributed by atoms with E-state index in [4.69, 9.17) is 5.11 Å². The van der Waals surface area contributed by atoms with Crippen LogP contribution in [0.2, 0.25) is 0 Å². The van der Waals surface area contributed by atoms with Gasteiger partial charge in [0.1, 0.15) is 0 Å². The van der Waals surface area contributed by atoms with Crippen molar-refractivity contribution in [2.45, 2.75) is 6.42 Å². The number of aliphatic carboxylic acids is 1. The maximum atomic E-state index is 12.8. The Morgan fingerprint density at radius 3 is 2.62 bits per heavy atom. The summed E-state index contributed by atoms with van der Waals surface area (Å²) >= 11 is 1.58. The van der Waals surface area contributed by atoms with Crippen LogP contribution in [0.25, 0.3) is 16.3 Å². The molecule has 26 heavy (non-hydrogen) atoms. The summed E-state index contributed by atoms with van der Waals surface area (Å²) in [6.45, 7) is 0.684. The molecule has 3 heterocycles. The molecule has 1 fully saturated rings. The second kappa shape index (κ2) is 6.76. The van der Waals surface area contributed by atoms with Crippen molar-refractivity contribution in [2.24, 2.45) is 5.92 Å². The Balaban J connectivity index is 1.70. The maximum Gasteiger partial charge on any atom is 0.308 e. The van der Waals surface area contributed by atoms with Gasteiger partial charge < -0.3 is 10.0 Å².